The van der Waals surface area contributed by atoms with Crippen LogP contribution in [-0.4, -0.2) is 27.4 Å². The van der Waals surface area contributed by atoms with Crippen molar-refractivity contribution in [2.75, 3.05) is 0 Å². The highest BCUT2D eigenvalue weighted by atomic mass is 32.2. The third-order valence-corrected chi connectivity index (χ3v) is 2.25. The van der Waals surface area contributed by atoms with Crippen molar-refractivity contribution in [1.82, 2.24) is 14.4 Å². The van der Waals surface area contributed by atoms with Gasteiger partial charge in [-0.15, -0.1) is 9.19 Å². The molecule has 0 amide bonds. The van der Waals surface area contributed by atoms with Crippen LogP contribution < -0.4 is 0 Å². The number of rotatable bonds is 1. The lowest BCUT2D eigenvalue weighted by Gasteiger charge is -1.94. The van der Waals surface area contributed by atoms with E-state index in [1.165, 1.54) is 6.07 Å². The Kier molecular flexibility index (Phi) is 1.57. The fourth-order valence-electron chi connectivity index (χ4n) is 1.02. The Labute approximate surface area is 73.7 Å². The van der Waals surface area contributed by atoms with Crippen molar-refractivity contribution in [2.24, 2.45) is 0 Å². The molecule has 13 heavy (non-hydrogen) atoms. The molecule has 1 aromatic heterocycles. The van der Waals surface area contributed by atoms with Crippen molar-refractivity contribution in [3.63, 3.8) is 0 Å². The molecule has 0 radical (unpaired) electrons. The molecule has 0 saturated heterocycles. The van der Waals surface area contributed by atoms with Gasteiger partial charge < -0.3 is 0 Å². The van der Waals surface area contributed by atoms with Gasteiger partial charge in [0.05, 0.1) is 0 Å². The zero-order valence-electron chi connectivity index (χ0n) is 6.32. The first-order valence-corrected chi connectivity index (χ1v) is 4.77. The van der Waals surface area contributed by atoms with Crippen molar-refractivity contribution < 1.29 is 13.0 Å². The minimum Gasteiger partial charge on any atom is -0.268 e. The van der Waals surface area contributed by atoms with Gasteiger partial charge in [-0.3, -0.25) is 4.55 Å². The number of aromatic nitrogens is 3. The summed E-state index contributed by atoms with van der Waals surface area (Å²) in [6.45, 7) is 0. The zero-order chi connectivity index (χ0) is 9.47. The van der Waals surface area contributed by atoms with Gasteiger partial charge in [-0.05, 0) is 17.3 Å². The molecular formula is C6H5N3O3S. The lowest BCUT2D eigenvalue weighted by Crippen LogP contribution is -2.12. The summed E-state index contributed by atoms with van der Waals surface area (Å²) in [5.74, 6) is 0. The van der Waals surface area contributed by atoms with Crippen LogP contribution in [0.3, 0.4) is 0 Å². The highest BCUT2D eigenvalue weighted by molar-refractivity contribution is 7.84. The smallest absolute Gasteiger partial charge is 0.268 e. The second kappa shape index (κ2) is 2.51. The Morgan fingerprint density at radius 2 is 2.00 bits per heavy atom. The highest BCUT2D eigenvalue weighted by Crippen LogP contribution is 2.10. The van der Waals surface area contributed by atoms with E-state index in [0.717, 1.165) is 0 Å². The SMILES string of the molecule is O=S(=O)(O)n1nnc2ccccc21. The molecule has 0 aliphatic rings. The van der Waals surface area contributed by atoms with E-state index in [0.29, 0.717) is 9.60 Å². The van der Waals surface area contributed by atoms with Crippen LogP contribution in [0.1, 0.15) is 0 Å². The van der Waals surface area contributed by atoms with Crippen LogP contribution >= 0.6 is 0 Å². The van der Waals surface area contributed by atoms with Crippen molar-refractivity contribution in [3.05, 3.63) is 24.3 Å². The molecule has 1 N–H and O–H groups in total. The summed E-state index contributed by atoms with van der Waals surface area (Å²) in [5, 5.41) is 6.85. The fourth-order valence-corrected chi connectivity index (χ4v) is 1.55. The van der Waals surface area contributed by atoms with E-state index in [4.69, 9.17) is 4.55 Å². The largest absolute Gasteiger partial charge is 0.380 e. The van der Waals surface area contributed by atoms with Gasteiger partial charge in [0.25, 0.3) is 0 Å². The van der Waals surface area contributed by atoms with Crippen molar-refractivity contribution in [1.29, 1.82) is 0 Å². The van der Waals surface area contributed by atoms with E-state index in [1.807, 2.05) is 0 Å². The second-order valence-corrected chi connectivity index (χ2v) is 3.64. The molecule has 6 nitrogen and oxygen atoms in total. The van der Waals surface area contributed by atoms with Gasteiger partial charge in [0.1, 0.15) is 11.0 Å². The molecule has 7 heteroatoms. The standard InChI is InChI=1S/C6H5N3O3S/c10-13(11,12)9-6-4-2-1-3-5(6)7-8-9/h1-4H,(H,10,11,12). The van der Waals surface area contributed by atoms with Gasteiger partial charge in [0.15, 0.2) is 0 Å². The number of benzene rings is 1. The minimum atomic E-state index is -4.34. The summed E-state index contributed by atoms with van der Waals surface area (Å²) in [7, 11) is -4.34. The normalized spacial score (nSPS) is 12.1. The highest BCUT2D eigenvalue weighted by Gasteiger charge is 2.13. The summed E-state index contributed by atoms with van der Waals surface area (Å²) < 4.78 is 30.6. The maximum atomic E-state index is 10.7. The van der Waals surface area contributed by atoms with Gasteiger partial charge >= 0.3 is 10.3 Å². The van der Waals surface area contributed by atoms with Gasteiger partial charge in [-0.25, -0.2) is 0 Å². The number of hydrogen-bond acceptors (Lipinski definition) is 4. The Balaban J connectivity index is 2.87. The third-order valence-electron chi connectivity index (χ3n) is 1.54. The lowest BCUT2D eigenvalue weighted by atomic mass is 10.3. The maximum absolute atomic E-state index is 10.7. The summed E-state index contributed by atoms with van der Waals surface area (Å²) in [4.78, 5) is 0. The number of nitrogens with zero attached hydrogens (tertiary/aromatic N) is 3. The van der Waals surface area contributed by atoms with Gasteiger partial charge in [-0.1, -0.05) is 12.1 Å². The monoisotopic (exact) mass is 199 g/mol. The lowest BCUT2D eigenvalue weighted by molar-refractivity contribution is 0.466. The molecule has 0 unspecified atom stereocenters. The van der Waals surface area contributed by atoms with E-state index in [1.54, 1.807) is 18.2 Å². The van der Waals surface area contributed by atoms with E-state index in [9.17, 15) is 8.42 Å². The molecule has 0 bridgehead atoms. The van der Waals surface area contributed by atoms with E-state index in [-0.39, 0.29) is 5.52 Å². The minimum absolute atomic E-state index is 0.255. The molecule has 0 saturated carbocycles. The Hall–Kier alpha value is -1.47. The molecule has 2 aromatic rings. The van der Waals surface area contributed by atoms with Crippen LogP contribution in [0, 0.1) is 0 Å². The van der Waals surface area contributed by atoms with Crippen LogP contribution in [0.5, 0.6) is 0 Å². The summed E-state index contributed by atoms with van der Waals surface area (Å²) in [5.41, 5.74) is 0.671. The maximum Gasteiger partial charge on any atom is 0.380 e. The predicted molar refractivity (Wildman–Crippen MR) is 44.5 cm³/mol. The van der Waals surface area contributed by atoms with Crippen LogP contribution in [0.15, 0.2) is 24.3 Å². The molecule has 1 aromatic carbocycles. The molecular weight excluding hydrogens is 194 g/mol. The van der Waals surface area contributed by atoms with Crippen molar-refractivity contribution in [2.45, 2.75) is 0 Å². The summed E-state index contributed by atoms with van der Waals surface area (Å²) >= 11 is 0. The number of para-hydroxylation sites is 1. The second-order valence-electron chi connectivity index (χ2n) is 2.40. The molecule has 1 heterocycles. The molecule has 68 valence electrons. The Morgan fingerprint density at radius 1 is 1.31 bits per heavy atom. The molecule has 2 rings (SSSR count). The average Bonchev–Trinajstić information content (AvgIpc) is 2.45. The molecule has 0 aliphatic carbocycles. The summed E-state index contributed by atoms with van der Waals surface area (Å²) in [6.07, 6.45) is 0. The zero-order valence-corrected chi connectivity index (χ0v) is 7.14. The van der Waals surface area contributed by atoms with Crippen LogP contribution in [0.25, 0.3) is 11.0 Å². The molecule has 0 aliphatic heterocycles. The first kappa shape index (κ1) is 8.14. The number of hydrogen-bond donors (Lipinski definition) is 1. The van der Waals surface area contributed by atoms with Gasteiger partial charge in [0, 0.05) is 0 Å². The topological polar surface area (TPSA) is 85.1 Å². The van der Waals surface area contributed by atoms with Gasteiger partial charge in [0.2, 0.25) is 0 Å². The van der Waals surface area contributed by atoms with E-state index < -0.39 is 10.3 Å². The Bertz CT molecular complexity index is 545. The molecule has 0 spiro atoms. The van der Waals surface area contributed by atoms with Crippen LogP contribution in [-0.2, 0) is 10.3 Å². The summed E-state index contributed by atoms with van der Waals surface area (Å²) in [6, 6.07) is 6.44. The first-order chi connectivity index (χ1) is 6.09. The van der Waals surface area contributed by atoms with E-state index in [2.05, 4.69) is 10.3 Å². The first-order valence-electron chi connectivity index (χ1n) is 3.37. The molecule has 0 atom stereocenters. The molecule has 0 fully saturated rings. The Morgan fingerprint density at radius 3 is 2.69 bits per heavy atom. The average molecular weight is 199 g/mol. The van der Waals surface area contributed by atoms with Crippen molar-refractivity contribution >= 4 is 21.3 Å². The number of fused-ring (bicyclic) bond motifs is 1. The van der Waals surface area contributed by atoms with Gasteiger partial charge in [-0.2, -0.15) is 8.42 Å². The fraction of sp³-hybridized carbons (Fsp3) is 0. The third kappa shape index (κ3) is 1.27. The predicted octanol–water partition coefficient (Wildman–Crippen LogP) is 0.0822. The van der Waals surface area contributed by atoms with E-state index >= 15 is 0 Å². The van der Waals surface area contributed by atoms with Crippen LogP contribution in [0.4, 0.5) is 0 Å². The van der Waals surface area contributed by atoms with Crippen LogP contribution in [0.2, 0.25) is 0 Å². The quantitative estimate of drug-likeness (QED) is 0.657. The van der Waals surface area contributed by atoms with Crippen molar-refractivity contribution in [3.8, 4) is 0 Å².